The van der Waals surface area contributed by atoms with E-state index in [1.807, 2.05) is 12.1 Å². The maximum atomic E-state index is 13.9. The van der Waals surface area contributed by atoms with Gasteiger partial charge in [-0.25, -0.2) is 8.42 Å². The first-order chi connectivity index (χ1) is 19.7. The molecule has 3 aromatic rings. The summed E-state index contributed by atoms with van der Waals surface area (Å²) < 4.78 is 46.9. The molecule has 7 rings (SSSR count). The van der Waals surface area contributed by atoms with Gasteiger partial charge in [0.15, 0.2) is 11.5 Å². The van der Waals surface area contributed by atoms with Gasteiger partial charge in [-0.3, -0.25) is 4.79 Å². The summed E-state index contributed by atoms with van der Waals surface area (Å²) in [7, 11) is -0.524. The Morgan fingerprint density at radius 3 is 2.71 bits per heavy atom. The molecule has 1 aromatic heterocycles. The highest BCUT2D eigenvalue weighted by Gasteiger charge is 2.74. The topological polar surface area (TPSA) is 110 Å². The van der Waals surface area contributed by atoms with E-state index in [0.717, 1.165) is 16.7 Å². The average molecular weight is 577 g/mol. The molecule has 1 amide bonds. The van der Waals surface area contributed by atoms with Gasteiger partial charge in [0.2, 0.25) is 15.9 Å². The number of methoxy groups -OCH3 is 1. The van der Waals surface area contributed by atoms with Crippen molar-refractivity contribution in [3.8, 4) is 11.5 Å². The fourth-order valence-corrected chi connectivity index (χ4v) is 9.55. The molecule has 2 aliphatic heterocycles. The van der Waals surface area contributed by atoms with Gasteiger partial charge < -0.3 is 23.9 Å². The third kappa shape index (κ3) is 3.53. The van der Waals surface area contributed by atoms with Gasteiger partial charge in [-0.2, -0.15) is 4.31 Å². The Morgan fingerprint density at radius 1 is 1.17 bits per heavy atom. The normalized spacial score (nSPS) is 30.1. The number of furan rings is 1. The molecule has 41 heavy (non-hydrogen) atoms. The van der Waals surface area contributed by atoms with Crippen molar-refractivity contribution in [3.05, 3.63) is 83.8 Å². The minimum atomic E-state index is -3.87. The minimum absolute atomic E-state index is 0.193. The summed E-state index contributed by atoms with van der Waals surface area (Å²) in [5.41, 5.74) is 0.334. The summed E-state index contributed by atoms with van der Waals surface area (Å²) in [5.74, 6) is 0.967. The first kappa shape index (κ1) is 26.3. The second-order valence-electron chi connectivity index (χ2n) is 11.4. The number of aliphatic hydroxyl groups is 1. The van der Waals surface area contributed by atoms with E-state index < -0.39 is 33.2 Å². The van der Waals surface area contributed by atoms with Crippen LogP contribution in [0.25, 0.3) is 6.08 Å². The molecule has 5 atom stereocenters. The van der Waals surface area contributed by atoms with Crippen molar-refractivity contribution in [3.63, 3.8) is 0 Å². The molecule has 2 fully saturated rings. The van der Waals surface area contributed by atoms with Crippen molar-refractivity contribution in [2.75, 3.05) is 20.7 Å². The number of sulfonamides is 1. The number of piperidine rings is 1. The van der Waals surface area contributed by atoms with Gasteiger partial charge in [0.1, 0.15) is 6.10 Å². The van der Waals surface area contributed by atoms with E-state index in [1.165, 1.54) is 10.4 Å². The van der Waals surface area contributed by atoms with Crippen LogP contribution in [0.3, 0.4) is 0 Å². The zero-order chi connectivity index (χ0) is 28.6. The predicted molar refractivity (Wildman–Crippen MR) is 150 cm³/mol. The fraction of sp³-hybridized carbons (Fsp3) is 0.387. The van der Waals surface area contributed by atoms with Crippen LogP contribution in [-0.4, -0.2) is 73.1 Å². The van der Waals surface area contributed by atoms with Crippen LogP contribution in [0.15, 0.2) is 76.4 Å². The lowest BCUT2D eigenvalue weighted by Crippen LogP contribution is -2.78. The van der Waals surface area contributed by atoms with Crippen LogP contribution >= 0.6 is 0 Å². The molecular weight excluding hydrogens is 544 g/mol. The highest BCUT2D eigenvalue weighted by Crippen LogP contribution is 2.66. The van der Waals surface area contributed by atoms with E-state index in [1.54, 1.807) is 74.1 Å². The van der Waals surface area contributed by atoms with Crippen LogP contribution in [0.2, 0.25) is 0 Å². The number of rotatable bonds is 6. The van der Waals surface area contributed by atoms with Gasteiger partial charge in [0.05, 0.1) is 47.6 Å². The Morgan fingerprint density at radius 2 is 1.98 bits per heavy atom. The standard InChI is InChI=1S/C31H32N2O7S/c1-32(26(34)11-8-20-13-17-39-19-20)23-12-14-31(35)25-18-21-9-10-24(38-2)28-27(21)30(31,29(23)40-28)15-16-33(25)41(36,37)22-6-4-3-5-7-22/h3-11,13,17,19,23,25,29,35H,12,14-16,18H2,1-2H3/b11-8+/t23-,25+,29-,30-,31+/m0/s1. The van der Waals surface area contributed by atoms with E-state index in [0.29, 0.717) is 37.2 Å². The smallest absolute Gasteiger partial charge is 0.246 e. The molecule has 2 bridgehead atoms. The van der Waals surface area contributed by atoms with Gasteiger partial charge in [-0.05, 0) is 61.6 Å². The highest BCUT2D eigenvalue weighted by atomic mass is 32.2. The molecule has 9 nitrogen and oxygen atoms in total. The first-order valence-electron chi connectivity index (χ1n) is 13.9. The van der Waals surface area contributed by atoms with Crippen molar-refractivity contribution >= 4 is 22.0 Å². The second-order valence-corrected chi connectivity index (χ2v) is 13.3. The van der Waals surface area contributed by atoms with Gasteiger partial charge >= 0.3 is 0 Å². The van der Waals surface area contributed by atoms with Crippen LogP contribution < -0.4 is 9.47 Å². The van der Waals surface area contributed by atoms with E-state index >= 15 is 0 Å². The van der Waals surface area contributed by atoms with Crippen molar-refractivity contribution in [2.45, 2.75) is 59.8 Å². The second kappa shape index (κ2) is 9.20. The number of amides is 1. The number of benzene rings is 2. The molecule has 0 radical (unpaired) electrons. The summed E-state index contributed by atoms with van der Waals surface area (Å²) in [5, 5.41) is 12.8. The zero-order valence-electron chi connectivity index (χ0n) is 22.9. The fourth-order valence-electron chi connectivity index (χ4n) is 7.86. The lowest BCUT2D eigenvalue weighted by molar-refractivity contribution is -0.186. The van der Waals surface area contributed by atoms with Crippen molar-refractivity contribution < 1.29 is 32.2 Å². The molecule has 1 saturated heterocycles. The number of carbonyl (C=O) groups is 1. The highest BCUT2D eigenvalue weighted by molar-refractivity contribution is 7.89. The summed E-state index contributed by atoms with van der Waals surface area (Å²) >= 11 is 0. The maximum absolute atomic E-state index is 13.9. The number of carbonyl (C=O) groups excluding carboxylic acids is 1. The Kier molecular flexibility index (Phi) is 5.91. The molecular formula is C31H32N2O7S. The number of likely N-dealkylation sites (N-methyl/N-ethyl adjacent to an activating group) is 1. The van der Waals surface area contributed by atoms with E-state index in [2.05, 4.69) is 0 Å². The average Bonchev–Trinajstić information content (AvgIpc) is 3.62. The lowest BCUT2D eigenvalue weighted by atomic mass is 9.48. The summed E-state index contributed by atoms with van der Waals surface area (Å²) in [6.07, 6.45) is 7.24. The molecule has 2 aromatic carbocycles. The number of hydrogen-bond acceptors (Lipinski definition) is 7. The largest absolute Gasteiger partial charge is 0.493 e. The third-order valence-electron chi connectivity index (χ3n) is 9.74. The Hall–Kier alpha value is -3.60. The molecule has 0 unspecified atom stereocenters. The molecule has 1 spiro atoms. The quantitative estimate of drug-likeness (QED) is 0.448. The minimum Gasteiger partial charge on any atom is -0.493 e. The predicted octanol–water partition coefficient (Wildman–Crippen LogP) is 3.37. The van der Waals surface area contributed by atoms with Crippen LogP contribution in [0.4, 0.5) is 0 Å². The van der Waals surface area contributed by atoms with Crippen molar-refractivity contribution in [1.82, 2.24) is 9.21 Å². The Balaban J connectivity index is 1.32. The molecule has 10 heteroatoms. The van der Waals surface area contributed by atoms with Crippen LogP contribution in [-0.2, 0) is 26.7 Å². The van der Waals surface area contributed by atoms with E-state index in [9.17, 15) is 18.3 Å². The number of ether oxygens (including phenoxy) is 2. The van der Waals surface area contributed by atoms with Gasteiger partial charge in [-0.15, -0.1) is 0 Å². The van der Waals surface area contributed by atoms with E-state index in [4.69, 9.17) is 13.9 Å². The summed E-state index contributed by atoms with van der Waals surface area (Å²) in [4.78, 5) is 15.3. The number of nitrogens with zero attached hydrogens (tertiary/aromatic N) is 2. The zero-order valence-corrected chi connectivity index (χ0v) is 23.7. The molecule has 214 valence electrons. The molecule has 4 aliphatic rings. The summed E-state index contributed by atoms with van der Waals surface area (Å²) in [6.45, 7) is 0.227. The van der Waals surface area contributed by atoms with E-state index in [-0.39, 0.29) is 23.4 Å². The Labute approximate surface area is 239 Å². The Bertz CT molecular complexity index is 1640. The summed E-state index contributed by atoms with van der Waals surface area (Å²) in [6, 6.07) is 12.9. The van der Waals surface area contributed by atoms with Crippen LogP contribution in [0.5, 0.6) is 11.5 Å². The first-order valence-corrected chi connectivity index (χ1v) is 15.3. The van der Waals surface area contributed by atoms with Crippen LogP contribution in [0, 0.1) is 0 Å². The molecule has 1 N–H and O–H groups in total. The van der Waals surface area contributed by atoms with Crippen molar-refractivity contribution in [1.29, 1.82) is 0 Å². The van der Waals surface area contributed by atoms with Crippen molar-refractivity contribution in [2.24, 2.45) is 0 Å². The van der Waals surface area contributed by atoms with Gasteiger partial charge in [0, 0.05) is 30.8 Å². The monoisotopic (exact) mass is 576 g/mol. The maximum Gasteiger partial charge on any atom is 0.246 e. The van der Waals surface area contributed by atoms with Gasteiger partial charge in [-0.1, -0.05) is 24.3 Å². The third-order valence-corrected chi connectivity index (χ3v) is 11.7. The lowest BCUT2D eigenvalue weighted by Gasteiger charge is -2.64. The number of hydrogen-bond donors (Lipinski definition) is 1. The van der Waals surface area contributed by atoms with Gasteiger partial charge in [0.25, 0.3) is 0 Å². The van der Waals surface area contributed by atoms with Crippen LogP contribution in [0.1, 0.15) is 36.0 Å². The molecule has 2 aliphatic carbocycles. The molecule has 3 heterocycles. The molecule has 1 saturated carbocycles. The SMILES string of the molecule is COc1ccc2c3c1O[C@H]1[C@@H](N(C)C(=O)/C=C/c4ccoc4)CC[C@@]4(O)[C@@H](C2)N(S(=O)(=O)c2ccccc2)CC[C@]314.